The second kappa shape index (κ2) is 17.2. The number of carbonyl (C=O) groups excluding carboxylic acids is 1. The van der Waals surface area contributed by atoms with E-state index in [0.29, 0.717) is 24.4 Å². The van der Waals surface area contributed by atoms with E-state index in [1.807, 2.05) is 109 Å². The third-order valence-electron chi connectivity index (χ3n) is 8.66. The summed E-state index contributed by atoms with van der Waals surface area (Å²) < 4.78 is 18.9. The number of amides is 2. The molecule has 7 rings (SSSR count). The molecule has 3 atom stereocenters. The molecule has 262 valence electrons. The van der Waals surface area contributed by atoms with Crippen LogP contribution in [0, 0.1) is 0 Å². The maximum absolute atomic E-state index is 12.7. The lowest BCUT2D eigenvalue weighted by atomic mass is 9.99. The molecule has 1 aromatic heterocycles. The van der Waals surface area contributed by atoms with Crippen molar-refractivity contribution in [3.63, 3.8) is 0 Å². The fraction of sp³-hybridized carbons (Fsp3) is 0.163. The monoisotopic (exact) mass is 709 g/mol. The van der Waals surface area contributed by atoms with Crippen molar-refractivity contribution in [2.45, 2.75) is 43.1 Å². The van der Waals surface area contributed by atoms with Crippen molar-refractivity contribution in [2.24, 2.45) is 0 Å². The highest BCUT2D eigenvalue weighted by atomic mass is 32.2. The molecule has 1 fully saturated rings. The highest BCUT2D eigenvalue weighted by Gasteiger charge is 2.32. The highest BCUT2D eigenvalue weighted by molar-refractivity contribution is 7.99. The van der Waals surface area contributed by atoms with Crippen molar-refractivity contribution >= 4 is 23.5 Å². The lowest BCUT2D eigenvalue weighted by Gasteiger charge is -2.36. The number of rotatable bonds is 12. The van der Waals surface area contributed by atoms with E-state index in [0.717, 1.165) is 49.9 Å². The summed E-state index contributed by atoms with van der Waals surface area (Å²) in [7, 11) is 0. The van der Waals surface area contributed by atoms with E-state index in [2.05, 4.69) is 52.0 Å². The Labute approximate surface area is 307 Å². The smallest absolute Gasteiger partial charge is 0.319 e. The standard InChI is InChI=1S/C43H39N3O5S/c47-28-30-12-14-33(15-13-30)40-26-39(29-52-41-11-4-5-24-44-41)50-42(51-40)34-18-16-32(17-19-34)35-8-6-7-31(25-35)27-45-43(48)46-36-20-22-38(23-21-36)49-37-9-2-1-3-10-37/h1-25,39-40,42,47H,26-29H2,(H2,45,46,48)/t39-,40+,42+/m1/s1. The largest absolute Gasteiger partial charge is 0.457 e. The number of carbonyl (C=O) groups is 1. The summed E-state index contributed by atoms with van der Waals surface area (Å²) in [5, 5.41) is 16.3. The minimum atomic E-state index is -0.540. The van der Waals surface area contributed by atoms with Crippen molar-refractivity contribution in [1.82, 2.24) is 10.3 Å². The van der Waals surface area contributed by atoms with Gasteiger partial charge < -0.3 is 30.0 Å². The third kappa shape index (κ3) is 9.45. The zero-order valence-corrected chi connectivity index (χ0v) is 29.2. The van der Waals surface area contributed by atoms with Crippen LogP contribution in [0.4, 0.5) is 10.5 Å². The van der Waals surface area contributed by atoms with E-state index in [9.17, 15) is 9.90 Å². The molecule has 0 spiro atoms. The summed E-state index contributed by atoms with van der Waals surface area (Å²) in [6, 6.07) is 46.7. The van der Waals surface area contributed by atoms with E-state index in [-0.39, 0.29) is 24.8 Å². The predicted molar refractivity (Wildman–Crippen MR) is 204 cm³/mol. The number of thioether (sulfide) groups is 1. The fourth-order valence-electron chi connectivity index (χ4n) is 5.92. The van der Waals surface area contributed by atoms with Gasteiger partial charge in [0, 0.05) is 36.2 Å². The van der Waals surface area contributed by atoms with Crippen molar-refractivity contribution in [3.8, 4) is 22.6 Å². The number of pyridine rings is 1. The van der Waals surface area contributed by atoms with E-state index in [1.54, 1.807) is 18.0 Å². The van der Waals surface area contributed by atoms with Crippen LogP contribution in [0.15, 0.2) is 157 Å². The molecule has 8 nitrogen and oxygen atoms in total. The molecule has 0 bridgehead atoms. The molecule has 6 aromatic rings. The molecule has 9 heteroatoms. The van der Waals surface area contributed by atoms with Crippen LogP contribution in [0.1, 0.15) is 41.1 Å². The van der Waals surface area contributed by atoms with Gasteiger partial charge in [-0.3, -0.25) is 0 Å². The minimum absolute atomic E-state index is 0.00356. The van der Waals surface area contributed by atoms with Gasteiger partial charge in [-0.1, -0.05) is 91.0 Å². The molecule has 5 aromatic carbocycles. The first-order valence-electron chi connectivity index (χ1n) is 17.2. The Bertz CT molecular complexity index is 2030. The number of hydrogen-bond donors (Lipinski definition) is 3. The van der Waals surface area contributed by atoms with Gasteiger partial charge in [-0.2, -0.15) is 0 Å². The number of benzene rings is 5. The molecule has 1 aliphatic heterocycles. The van der Waals surface area contributed by atoms with E-state index < -0.39 is 6.29 Å². The van der Waals surface area contributed by atoms with Crippen LogP contribution in [0.5, 0.6) is 11.5 Å². The summed E-state index contributed by atoms with van der Waals surface area (Å²) in [5.74, 6) is 2.19. The number of aliphatic hydroxyl groups excluding tert-OH is 1. The molecule has 1 saturated heterocycles. The number of hydrogen-bond acceptors (Lipinski definition) is 7. The van der Waals surface area contributed by atoms with Crippen molar-refractivity contribution in [3.05, 3.63) is 174 Å². The number of anilines is 1. The second-order valence-electron chi connectivity index (χ2n) is 12.4. The molecule has 52 heavy (non-hydrogen) atoms. The Kier molecular flexibility index (Phi) is 11.6. The first kappa shape index (κ1) is 35.0. The Morgan fingerprint density at radius 1 is 0.750 bits per heavy atom. The third-order valence-corrected chi connectivity index (χ3v) is 9.73. The quantitative estimate of drug-likeness (QED) is 0.109. The molecule has 0 radical (unpaired) electrons. The lowest BCUT2D eigenvalue weighted by molar-refractivity contribution is -0.245. The van der Waals surface area contributed by atoms with Gasteiger partial charge in [0.1, 0.15) is 11.5 Å². The van der Waals surface area contributed by atoms with Crippen LogP contribution in [-0.2, 0) is 22.6 Å². The zero-order chi connectivity index (χ0) is 35.5. The van der Waals surface area contributed by atoms with Crippen LogP contribution < -0.4 is 15.4 Å². The van der Waals surface area contributed by atoms with Crippen LogP contribution in [0.25, 0.3) is 11.1 Å². The first-order chi connectivity index (χ1) is 25.6. The number of aromatic nitrogens is 1. The average Bonchev–Trinajstić information content (AvgIpc) is 3.21. The number of ether oxygens (including phenoxy) is 3. The Balaban J connectivity index is 0.968. The van der Waals surface area contributed by atoms with Gasteiger partial charge in [0.05, 0.1) is 23.8 Å². The molecule has 1 aliphatic rings. The summed E-state index contributed by atoms with van der Waals surface area (Å²) >= 11 is 1.68. The number of para-hydroxylation sites is 1. The number of urea groups is 1. The second-order valence-corrected chi connectivity index (χ2v) is 13.4. The summed E-state index contributed by atoms with van der Waals surface area (Å²) in [6.45, 7) is 0.374. The predicted octanol–water partition coefficient (Wildman–Crippen LogP) is 9.69. The van der Waals surface area contributed by atoms with Crippen LogP contribution in [0.2, 0.25) is 0 Å². The van der Waals surface area contributed by atoms with E-state index >= 15 is 0 Å². The molecule has 0 unspecified atom stereocenters. The molecule has 0 saturated carbocycles. The van der Waals surface area contributed by atoms with E-state index in [4.69, 9.17) is 14.2 Å². The lowest BCUT2D eigenvalue weighted by Crippen LogP contribution is -2.31. The Morgan fingerprint density at radius 2 is 1.50 bits per heavy atom. The van der Waals surface area contributed by atoms with Gasteiger partial charge in [-0.05, 0) is 82.4 Å². The van der Waals surface area contributed by atoms with Gasteiger partial charge in [0.25, 0.3) is 0 Å². The molecule has 3 N–H and O–H groups in total. The van der Waals surface area contributed by atoms with Crippen molar-refractivity contribution < 1.29 is 24.1 Å². The van der Waals surface area contributed by atoms with Crippen molar-refractivity contribution in [1.29, 1.82) is 0 Å². The summed E-state index contributed by atoms with van der Waals surface area (Å²) in [5.41, 5.74) is 6.58. The fourth-order valence-corrected chi connectivity index (χ4v) is 6.80. The summed E-state index contributed by atoms with van der Waals surface area (Å²) in [4.78, 5) is 17.1. The average molecular weight is 710 g/mol. The maximum atomic E-state index is 12.7. The number of nitrogens with one attached hydrogen (secondary N) is 2. The molecular formula is C43H39N3O5S. The van der Waals surface area contributed by atoms with Gasteiger partial charge >= 0.3 is 6.03 Å². The SMILES string of the molecule is O=C(NCc1cccc(-c2ccc([C@H]3O[C@@H](CSc4ccccn4)C[C@@H](c4ccc(CO)cc4)O3)cc2)c1)Nc1ccc(Oc2ccccc2)cc1. The Hall–Kier alpha value is -5.45. The Morgan fingerprint density at radius 3 is 2.25 bits per heavy atom. The number of nitrogens with zero attached hydrogens (tertiary/aromatic N) is 1. The zero-order valence-electron chi connectivity index (χ0n) is 28.4. The first-order valence-corrected chi connectivity index (χ1v) is 18.2. The molecule has 2 amide bonds. The molecule has 2 heterocycles. The molecular weight excluding hydrogens is 671 g/mol. The van der Waals surface area contributed by atoms with Gasteiger partial charge in [-0.25, -0.2) is 9.78 Å². The summed E-state index contributed by atoms with van der Waals surface area (Å²) in [6.07, 6.45) is 1.76. The highest BCUT2D eigenvalue weighted by Crippen LogP contribution is 2.40. The number of aliphatic hydroxyl groups is 1. The van der Waals surface area contributed by atoms with Crippen LogP contribution in [-0.4, -0.2) is 28.0 Å². The minimum Gasteiger partial charge on any atom is -0.457 e. The van der Waals surface area contributed by atoms with E-state index in [1.165, 1.54) is 0 Å². The van der Waals surface area contributed by atoms with Crippen molar-refractivity contribution in [2.75, 3.05) is 11.1 Å². The topological polar surface area (TPSA) is 102 Å². The van der Waals surface area contributed by atoms with Crippen LogP contribution >= 0.6 is 11.8 Å². The van der Waals surface area contributed by atoms with Gasteiger partial charge in [-0.15, -0.1) is 11.8 Å². The maximum Gasteiger partial charge on any atom is 0.319 e. The van der Waals surface area contributed by atoms with Gasteiger partial charge in [0.15, 0.2) is 6.29 Å². The normalized spacial score (nSPS) is 16.9. The molecule has 0 aliphatic carbocycles. The van der Waals surface area contributed by atoms with Crippen LogP contribution in [0.3, 0.4) is 0 Å². The van der Waals surface area contributed by atoms with Gasteiger partial charge in [0.2, 0.25) is 0 Å².